The predicted octanol–water partition coefficient (Wildman–Crippen LogP) is 2.61. The van der Waals surface area contributed by atoms with Crippen LogP contribution in [0.5, 0.6) is 5.75 Å². The van der Waals surface area contributed by atoms with Crippen molar-refractivity contribution < 1.29 is 18.6 Å². The fourth-order valence-electron chi connectivity index (χ4n) is 2.12. The second-order valence-electron chi connectivity index (χ2n) is 4.54. The summed E-state index contributed by atoms with van der Waals surface area (Å²) in [7, 11) is 1.77. The summed E-state index contributed by atoms with van der Waals surface area (Å²) in [4.78, 5) is 0. The van der Waals surface area contributed by atoms with Gasteiger partial charge in [0, 0.05) is 24.7 Å². The lowest BCUT2D eigenvalue weighted by molar-refractivity contribution is -0.0515. The van der Waals surface area contributed by atoms with Crippen LogP contribution >= 0.6 is 0 Å². The first-order valence-corrected chi connectivity index (χ1v) is 6.18. The van der Waals surface area contributed by atoms with Crippen LogP contribution in [-0.4, -0.2) is 21.5 Å². The quantitative estimate of drug-likeness (QED) is 0.917. The molecule has 0 amide bonds. The summed E-state index contributed by atoms with van der Waals surface area (Å²) in [5.41, 5.74) is 2.00. The Morgan fingerprint density at radius 2 is 2.05 bits per heavy atom. The first-order valence-electron chi connectivity index (χ1n) is 6.18. The summed E-state index contributed by atoms with van der Waals surface area (Å²) in [5.74, 6) is -0.00566. The van der Waals surface area contributed by atoms with Gasteiger partial charge in [-0.2, -0.15) is 13.9 Å². The van der Waals surface area contributed by atoms with E-state index < -0.39 is 12.7 Å². The molecule has 2 aromatic rings. The number of aromatic nitrogens is 2. The van der Waals surface area contributed by atoms with E-state index in [1.165, 1.54) is 6.07 Å². The maximum atomic E-state index is 12.3. The van der Waals surface area contributed by atoms with E-state index in [1.807, 2.05) is 13.0 Å². The standard InChI is InChI=1S/C14H16F2N2O2/c1-9-7-10(18(2)17-9)8-12(19)11-5-3-4-6-13(11)20-14(15)16/h3-7,12,14,19H,8H2,1-2H3. The van der Waals surface area contributed by atoms with E-state index in [1.54, 1.807) is 29.9 Å². The smallest absolute Gasteiger partial charge is 0.387 e. The Morgan fingerprint density at radius 3 is 2.65 bits per heavy atom. The minimum Gasteiger partial charge on any atom is -0.434 e. The molecular formula is C14H16F2N2O2. The van der Waals surface area contributed by atoms with Gasteiger partial charge in [0.25, 0.3) is 0 Å². The van der Waals surface area contributed by atoms with Gasteiger partial charge in [-0.1, -0.05) is 18.2 Å². The van der Waals surface area contributed by atoms with Crippen molar-refractivity contribution in [3.05, 3.63) is 47.3 Å². The van der Waals surface area contributed by atoms with E-state index in [9.17, 15) is 13.9 Å². The molecule has 0 saturated carbocycles. The van der Waals surface area contributed by atoms with Crippen LogP contribution in [0.3, 0.4) is 0 Å². The minimum absolute atomic E-state index is 0.00566. The highest BCUT2D eigenvalue weighted by molar-refractivity contribution is 5.35. The predicted molar refractivity (Wildman–Crippen MR) is 69.7 cm³/mol. The highest BCUT2D eigenvalue weighted by atomic mass is 19.3. The van der Waals surface area contributed by atoms with E-state index in [4.69, 9.17) is 0 Å². The first kappa shape index (κ1) is 14.5. The summed E-state index contributed by atoms with van der Waals surface area (Å²) in [6.45, 7) is -1.06. The van der Waals surface area contributed by atoms with Gasteiger partial charge < -0.3 is 9.84 Å². The second kappa shape index (κ2) is 6.00. The zero-order valence-electron chi connectivity index (χ0n) is 11.3. The van der Waals surface area contributed by atoms with Crippen molar-refractivity contribution in [2.45, 2.75) is 26.1 Å². The highest BCUT2D eigenvalue weighted by Crippen LogP contribution is 2.28. The number of para-hydroxylation sites is 1. The van der Waals surface area contributed by atoms with E-state index in [-0.39, 0.29) is 12.2 Å². The fourth-order valence-corrected chi connectivity index (χ4v) is 2.12. The van der Waals surface area contributed by atoms with Gasteiger partial charge in [-0.25, -0.2) is 0 Å². The number of aryl methyl sites for hydroxylation is 2. The molecule has 0 aliphatic rings. The third-order valence-electron chi connectivity index (χ3n) is 3.00. The molecule has 6 heteroatoms. The molecule has 1 aromatic heterocycles. The Bertz CT molecular complexity index is 584. The lowest BCUT2D eigenvalue weighted by Gasteiger charge is -2.15. The molecule has 0 aliphatic carbocycles. The third-order valence-corrected chi connectivity index (χ3v) is 3.00. The zero-order chi connectivity index (χ0) is 14.7. The maximum Gasteiger partial charge on any atom is 0.387 e. The number of benzene rings is 1. The van der Waals surface area contributed by atoms with E-state index in [2.05, 4.69) is 9.84 Å². The third kappa shape index (κ3) is 3.33. The molecule has 1 unspecified atom stereocenters. The maximum absolute atomic E-state index is 12.3. The van der Waals surface area contributed by atoms with Crippen molar-refractivity contribution in [1.29, 1.82) is 0 Å². The van der Waals surface area contributed by atoms with E-state index >= 15 is 0 Å². The van der Waals surface area contributed by atoms with Gasteiger partial charge in [0.2, 0.25) is 0 Å². The van der Waals surface area contributed by atoms with E-state index in [0.717, 1.165) is 11.4 Å². The molecule has 2 rings (SSSR count). The molecule has 1 N–H and O–H groups in total. The van der Waals surface area contributed by atoms with E-state index in [0.29, 0.717) is 5.56 Å². The molecular weight excluding hydrogens is 266 g/mol. The number of rotatable bonds is 5. The van der Waals surface area contributed by atoms with Crippen molar-refractivity contribution >= 4 is 0 Å². The van der Waals surface area contributed by atoms with Crippen molar-refractivity contribution in [2.24, 2.45) is 7.05 Å². The molecule has 4 nitrogen and oxygen atoms in total. The number of hydrogen-bond acceptors (Lipinski definition) is 3. The van der Waals surface area contributed by atoms with Crippen molar-refractivity contribution in [2.75, 3.05) is 0 Å². The van der Waals surface area contributed by atoms with Crippen LogP contribution in [-0.2, 0) is 13.5 Å². The molecule has 0 fully saturated rings. The van der Waals surface area contributed by atoms with Gasteiger partial charge in [0.1, 0.15) is 5.75 Å². The average Bonchev–Trinajstić information content (AvgIpc) is 2.67. The van der Waals surface area contributed by atoms with Gasteiger partial charge >= 0.3 is 6.61 Å². The number of halogens is 2. The molecule has 108 valence electrons. The van der Waals surface area contributed by atoms with Gasteiger partial charge in [0.15, 0.2) is 0 Å². The number of hydrogen-bond donors (Lipinski definition) is 1. The number of ether oxygens (including phenoxy) is 1. The SMILES string of the molecule is Cc1cc(CC(O)c2ccccc2OC(F)F)n(C)n1. The number of aliphatic hydroxyl groups is 1. The van der Waals surface area contributed by atoms with Crippen LogP contribution in [0.4, 0.5) is 8.78 Å². The Balaban J connectivity index is 2.20. The Morgan fingerprint density at radius 1 is 1.35 bits per heavy atom. The van der Waals surface area contributed by atoms with Gasteiger partial charge in [-0.05, 0) is 19.1 Å². The molecule has 0 spiro atoms. The largest absolute Gasteiger partial charge is 0.434 e. The zero-order valence-corrected chi connectivity index (χ0v) is 11.3. The molecule has 1 atom stereocenters. The van der Waals surface area contributed by atoms with Crippen molar-refractivity contribution in [3.8, 4) is 5.75 Å². The molecule has 1 heterocycles. The fraction of sp³-hybridized carbons (Fsp3) is 0.357. The average molecular weight is 282 g/mol. The summed E-state index contributed by atoms with van der Waals surface area (Å²) in [5, 5.41) is 14.4. The monoisotopic (exact) mass is 282 g/mol. The molecule has 0 radical (unpaired) electrons. The van der Waals surface area contributed by atoms with Crippen LogP contribution in [0.1, 0.15) is 23.1 Å². The normalized spacial score (nSPS) is 12.7. The number of nitrogens with zero attached hydrogens (tertiary/aromatic N) is 2. The summed E-state index contributed by atoms with van der Waals surface area (Å²) in [6.07, 6.45) is -0.652. The Labute approximate surface area is 115 Å². The summed E-state index contributed by atoms with van der Waals surface area (Å²) < 4.78 is 30.8. The van der Waals surface area contributed by atoms with Crippen molar-refractivity contribution in [3.63, 3.8) is 0 Å². The van der Waals surface area contributed by atoms with Crippen LogP contribution < -0.4 is 4.74 Å². The molecule has 0 bridgehead atoms. The Kier molecular flexibility index (Phi) is 4.34. The van der Waals surface area contributed by atoms with Gasteiger partial charge in [-0.3, -0.25) is 4.68 Å². The highest BCUT2D eigenvalue weighted by Gasteiger charge is 2.17. The van der Waals surface area contributed by atoms with Crippen molar-refractivity contribution in [1.82, 2.24) is 9.78 Å². The first-order chi connectivity index (χ1) is 9.47. The van der Waals surface area contributed by atoms with Crippen LogP contribution in [0, 0.1) is 6.92 Å². The number of alkyl halides is 2. The lowest BCUT2D eigenvalue weighted by Crippen LogP contribution is -2.10. The lowest BCUT2D eigenvalue weighted by atomic mass is 10.0. The van der Waals surface area contributed by atoms with Crippen LogP contribution in [0.25, 0.3) is 0 Å². The molecule has 20 heavy (non-hydrogen) atoms. The van der Waals surface area contributed by atoms with Crippen LogP contribution in [0.2, 0.25) is 0 Å². The number of aliphatic hydroxyl groups excluding tert-OH is 1. The molecule has 0 aliphatic heterocycles. The molecule has 0 saturated heterocycles. The summed E-state index contributed by atoms with van der Waals surface area (Å²) >= 11 is 0. The van der Waals surface area contributed by atoms with Gasteiger partial charge in [-0.15, -0.1) is 0 Å². The topological polar surface area (TPSA) is 47.3 Å². The summed E-state index contributed by atoms with van der Waals surface area (Å²) in [6, 6.07) is 8.10. The Hall–Kier alpha value is -1.95. The second-order valence-corrected chi connectivity index (χ2v) is 4.54. The van der Waals surface area contributed by atoms with Crippen LogP contribution in [0.15, 0.2) is 30.3 Å². The minimum atomic E-state index is -2.91. The van der Waals surface area contributed by atoms with Gasteiger partial charge in [0.05, 0.1) is 11.8 Å². The molecule has 1 aromatic carbocycles.